The smallest absolute Gasteiger partial charge is 0.225 e. The molecule has 11 heteroatoms. The molecular formula is C23H19Cl3FN5S2. The Labute approximate surface area is 219 Å². The second kappa shape index (κ2) is 11.1. The van der Waals surface area contributed by atoms with Crippen molar-refractivity contribution in [2.24, 2.45) is 0 Å². The highest BCUT2D eigenvalue weighted by Crippen LogP contribution is 2.31. The lowest BCUT2D eigenvalue weighted by molar-refractivity contribution is 0.627. The summed E-state index contributed by atoms with van der Waals surface area (Å²) >= 11 is 20.8. The Morgan fingerprint density at radius 3 is 1.97 bits per heavy atom. The van der Waals surface area contributed by atoms with E-state index in [1.54, 1.807) is 34.8 Å². The van der Waals surface area contributed by atoms with Crippen molar-refractivity contribution < 1.29 is 4.39 Å². The molecule has 1 aromatic carbocycles. The molecule has 0 unspecified atom stereocenters. The van der Waals surface area contributed by atoms with E-state index in [0.29, 0.717) is 17.5 Å². The normalized spacial score (nSPS) is 11.0. The Balaban J connectivity index is 0.000000180. The number of benzene rings is 1. The van der Waals surface area contributed by atoms with Gasteiger partial charge in [-0.2, -0.15) is 0 Å². The van der Waals surface area contributed by atoms with E-state index in [2.05, 4.69) is 45.2 Å². The predicted molar refractivity (Wildman–Crippen MR) is 142 cm³/mol. The van der Waals surface area contributed by atoms with Crippen molar-refractivity contribution in [2.45, 2.75) is 33.2 Å². The minimum Gasteiger partial charge on any atom is -0.365 e. The molecule has 0 saturated heterocycles. The molecule has 0 aliphatic carbocycles. The molecule has 5 aromatic rings. The van der Waals surface area contributed by atoms with Crippen LogP contribution in [0.1, 0.15) is 29.2 Å². The van der Waals surface area contributed by atoms with Gasteiger partial charge in [-0.3, -0.25) is 0 Å². The summed E-state index contributed by atoms with van der Waals surface area (Å²) in [6.45, 7) is 4.75. The van der Waals surface area contributed by atoms with Gasteiger partial charge in [0.05, 0.1) is 5.39 Å². The summed E-state index contributed by atoms with van der Waals surface area (Å²) in [6.07, 6.45) is 1.94. The largest absolute Gasteiger partial charge is 0.365 e. The highest BCUT2D eigenvalue weighted by atomic mass is 35.5. The molecule has 0 saturated carbocycles. The number of aromatic nitrogens is 4. The number of halogens is 4. The van der Waals surface area contributed by atoms with Crippen molar-refractivity contribution in [3.8, 4) is 0 Å². The quantitative estimate of drug-likeness (QED) is 0.175. The van der Waals surface area contributed by atoms with Crippen LogP contribution in [0.25, 0.3) is 20.4 Å². The highest BCUT2D eigenvalue weighted by molar-refractivity contribution is 7.19. The number of fused-ring (bicyclic) bond motifs is 2. The van der Waals surface area contributed by atoms with E-state index in [9.17, 15) is 4.39 Å². The van der Waals surface area contributed by atoms with Crippen LogP contribution in [0.2, 0.25) is 15.7 Å². The standard InChI is InChI=1S/C15H13ClFN3S.C8H6Cl2N2S/c1-2-11-7-12-13(19-15(16)20-14(12)21-11)18-8-9-3-5-10(17)6-4-9;1-2-4-3-5-6(9)11-8(10)12-7(5)13-4/h3-7H,2,8H2,1H3,(H,18,19,20);3H,2H2,1H3. The van der Waals surface area contributed by atoms with Gasteiger partial charge in [-0.05, 0) is 65.9 Å². The Hall–Kier alpha value is -2.10. The Morgan fingerprint density at radius 2 is 1.35 bits per heavy atom. The molecule has 34 heavy (non-hydrogen) atoms. The summed E-state index contributed by atoms with van der Waals surface area (Å²) in [5.41, 5.74) is 0.977. The number of hydrogen-bond acceptors (Lipinski definition) is 7. The SMILES string of the molecule is CCc1cc2c(Cl)nc(Cl)nc2s1.CCc1cc2c(NCc3ccc(F)cc3)nc(Cl)nc2s1. The van der Waals surface area contributed by atoms with Gasteiger partial charge in [0.2, 0.25) is 10.6 Å². The Bertz CT molecular complexity index is 1440. The van der Waals surface area contributed by atoms with Crippen LogP contribution in [0.5, 0.6) is 0 Å². The molecule has 0 aliphatic heterocycles. The number of aryl methyl sites for hydroxylation is 2. The molecule has 5 nitrogen and oxygen atoms in total. The second-order valence-electron chi connectivity index (χ2n) is 7.17. The lowest BCUT2D eigenvalue weighted by atomic mass is 10.2. The van der Waals surface area contributed by atoms with Gasteiger partial charge >= 0.3 is 0 Å². The van der Waals surface area contributed by atoms with E-state index in [-0.39, 0.29) is 16.4 Å². The molecule has 1 N–H and O–H groups in total. The van der Waals surface area contributed by atoms with Crippen LogP contribution in [0.15, 0.2) is 36.4 Å². The first kappa shape index (κ1) is 25.0. The third kappa shape index (κ3) is 5.93. The number of rotatable bonds is 5. The van der Waals surface area contributed by atoms with Gasteiger partial charge in [-0.1, -0.05) is 37.6 Å². The number of thiophene rings is 2. The van der Waals surface area contributed by atoms with E-state index in [1.807, 2.05) is 6.07 Å². The zero-order valence-corrected chi connectivity index (χ0v) is 22.1. The fourth-order valence-corrected chi connectivity index (χ4v) is 5.82. The van der Waals surface area contributed by atoms with Crippen molar-refractivity contribution >= 4 is 83.7 Å². The van der Waals surface area contributed by atoms with Gasteiger partial charge < -0.3 is 5.32 Å². The molecule has 0 amide bonds. The topological polar surface area (TPSA) is 63.6 Å². The highest BCUT2D eigenvalue weighted by Gasteiger charge is 2.11. The molecule has 5 rings (SSSR count). The molecule has 0 aliphatic rings. The van der Waals surface area contributed by atoms with E-state index in [0.717, 1.165) is 38.8 Å². The van der Waals surface area contributed by atoms with Crippen LogP contribution < -0.4 is 5.32 Å². The Kier molecular flexibility index (Phi) is 8.16. The number of nitrogens with one attached hydrogen (secondary N) is 1. The zero-order chi connectivity index (χ0) is 24.2. The van der Waals surface area contributed by atoms with Crippen LogP contribution >= 0.6 is 57.5 Å². The molecule has 176 valence electrons. The second-order valence-corrected chi connectivity index (χ2v) is 10.4. The number of nitrogens with zero attached hydrogens (tertiary/aromatic N) is 4. The summed E-state index contributed by atoms with van der Waals surface area (Å²) in [4.78, 5) is 20.7. The van der Waals surface area contributed by atoms with E-state index in [4.69, 9.17) is 34.8 Å². The fraction of sp³-hybridized carbons (Fsp3) is 0.217. The van der Waals surface area contributed by atoms with E-state index >= 15 is 0 Å². The third-order valence-electron chi connectivity index (χ3n) is 4.86. The van der Waals surface area contributed by atoms with Crippen molar-refractivity contribution in [2.75, 3.05) is 5.32 Å². The van der Waals surface area contributed by atoms with Crippen molar-refractivity contribution in [1.82, 2.24) is 19.9 Å². The van der Waals surface area contributed by atoms with Crippen molar-refractivity contribution in [3.63, 3.8) is 0 Å². The fourth-order valence-electron chi connectivity index (χ4n) is 3.13. The lowest BCUT2D eigenvalue weighted by Gasteiger charge is -2.07. The van der Waals surface area contributed by atoms with Gasteiger partial charge in [0.1, 0.15) is 26.4 Å². The first-order valence-electron chi connectivity index (χ1n) is 10.4. The third-order valence-corrected chi connectivity index (χ3v) is 7.83. The first-order chi connectivity index (χ1) is 16.4. The van der Waals surface area contributed by atoms with Crippen LogP contribution in [0.3, 0.4) is 0 Å². The molecule has 0 spiro atoms. The minimum atomic E-state index is -0.239. The van der Waals surface area contributed by atoms with Crippen molar-refractivity contribution in [1.29, 1.82) is 0 Å². The number of hydrogen-bond donors (Lipinski definition) is 1. The van der Waals surface area contributed by atoms with Crippen LogP contribution in [0.4, 0.5) is 10.2 Å². The van der Waals surface area contributed by atoms with Gasteiger partial charge in [0.25, 0.3) is 0 Å². The van der Waals surface area contributed by atoms with Crippen LogP contribution in [-0.2, 0) is 19.4 Å². The summed E-state index contributed by atoms with van der Waals surface area (Å²) in [7, 11) is 0. The summed E-state index contributed by atoms with van der Waals surface area (Å²) in [6, 6.07) is 10.5. The molecule has 4 aromatic heterocycles. The average molecular weight is 555 g/mol. The maximum absolute atomic E-state index is 12.9. The zero-order valence-electron chi connectivity index (χ0n) is 18.2. The molecular weight excluding hydrogens is 536 g/mol. The lowest BCUT2D eigenvalue weighted by Crippen LogP contribution is -2.02. The van der Waals surface area contributed by atoms with Crippen LogP contribution in [-0.4, -0.2) is 19.9 Å². The molecule has 0 fully saturated rings. The Morgan fingerprint density at radius 1 is 0.794 bits per heavy atom. The van der Waals surface area contributed by atoms with Crippen molar-refractivity contribution in [3.05, 3.63) is 73.3 Å². The van der Waals surface area contributed by atoms with Crippen LogP contribution in [0, 0.1) is 5.82 Å². The predicted octanol–water partition coefficient (Wildman–Crippen LogP) is 8.22. The molecule has 4 heterocycles. The maximum atomic E-state index is 12.9. The molecule has 0 radical (unpaired) electrons. The van der Waals surface area contributed by atoms with Gasteiger partial charge in [-0.25, -0.2) is 24.3 Å². The molecule has 0 atom stereocenters. The summed E-state index contributed by atoms with van der Waals surface area (Å²) in [5.74, 6) is 0.474. The first-order valence-corrected chi connectivity index (χ1v) is 13.2. The van der Waals surface area contributed by atoms with E-state index in [1.165, 1.54) is 21.9 Å². The monoisotopic (exact) mass is 553 g/mol. The minimum absolute atomic E-state index is 0.210. The average Bonchev–Trinajstić information content (AvgIpc) is 3.42. The van der Waals surface area contributed by atoms with Gasteiger partial charge in [-0.15, -0.1) is 22.7 Å². The molecule has 0 bridgehead atoms. The van der Waals surface area contributed by atoms with Gasteiger partial charge in [0, 0.05) is 21.7 Å². The summed E-state index contributed by atoms with van der Waals surface area (Å²) < 4.78 is 12.9. The van der Waals surface area contributed by atoms with Gasteiger partial charge in [0.15, 0.2) is 0 Å². The maximum Gasteiger partial charge on any atom is 0.225 e. The summed E-state index contributed by atoms with van der Waals surface area (Å²) in [5, 5.41) is 6.00. The number of anilines is 1. The van der Waals surface area contributed by atoms with E-state index < -0.39 is 0 Å².